The van der Waals surface area contributed by atoms with Crippen LogP contribution in [0.4, 0.5) is 0 Å². The highest BCUT2D eigenvalue weighted by molar-refractivity contribution is 7.90. The highest BCUT2D eigenvalue weighted by Gasteiger charge is 2.24. The van der Waals surface area contributed by atoms with Crippen molar-refractivity contribution >= 4 is 44.7 Å². The Morgan fingerprint density at radius 3 is 2.25 bits per heavy atom. The molecule has 1 aromatic rings. The van der Waals surface area contributed by atoms with E-state index in [1.807, 2.05) is 0 Å². The van der Waals surface area contributed by atoms with E-state index in [2.05, 4.69) is 4.40 Å². The Labute approximate surface area is 126 Å². The van der Waals surface area contributed by atoms with Gasteiger partial charge in [0.2, 0.25) is 5.78 Å². The Bertz CT molecular complexity index is 762. The SMILES string of the molecule is CC1=CC(=NS(=O)(=O)c2ccccc2)C(Cl)=C(Cl)C1=O. The Balaban J connectivity index is 2.54. The summed E-state index contributed by atoms with van der Waals surface area (Å²) in [5.74, 6) is -0.437. The van der Waals surface area contributed by atoms with E-state index < -0.39 is 15.8 Å². The third kappa shape index (κ3) is 2.85. The summed E-state index contributed by atoms with van der Waals surface area (Å²) in [6.07, 6.45) is 1.30. The first kappa shape index (κ1) is 15.0. The van der Waals surface area contributed by atoms with Crippen LogP contribution in [0, 0.1) is 0 Å². The zero-order valence-electron chi connectivity index (χ0n) is 10.3. The van der Waals surface area contributed by atoms with E-state index in [0.717, 1.165) is 0 Å². The molecule has 1 aliphatic rings. The third-order valence-corrected chi connectivity index (χ3v) is 4.73. The fraction of sp³-hybridized carbons (Fsp3) is 0.0769. The molecule has 0 amide bonds. The molecule has 0 N–H and O–H groups in total. The second-order valence-electron chi connectivity index (χ2n) is 4.05. The summed E-state index contributed by atoms with van der Waals surface area (Å²) in [6, 6.07) is 7.71. The number of carbonyl (C=O) groups is 1. The van der Waals surface area contributed by atoms with Crippen molar-refractivity contribution in [3.8, 4) is 0 Å². The van der Waals surface area contributed by atoms with Gasteiger partial charge in [-0.2, -0.15) is 12.8 Å². The Morgan fingerprint density at radius 2 is 1.65 bits per heavy atom. The van der Waals surface area contributed by atoms with Crippen molar-refractivity contribution in [1.29, 1.82) is 0 Å². The van der Waals surface area contributed by atoms with Gasteiger partial charge in [-0.1, -0.05) is 41.4 Å². The van der Waals surface area contributed by atoms with E-state index in [4.69, 9.17) is 23.2 Å². The molecule has 7 heteroatoms. The lowest BCUT2D eigenvalue weighted by molar-refractivity contribution is -0.111. The van der Waals surface area contributed by atoms with Crippen LogP contribution in [0.25, 0.3) is 0 Å². The molecular weight excluding hydrogens is 321 g/mol. The van der Waals surface area contributed by atoms with Crippen LogP contribution in [-0.2, 0) is 14.8 Å². The predicted molar refractivity (Wildman–Crippen MR) is 78.6 cm³/mol. The summed E-state index contributed by atoms with van der Waals surface area (Å²) in [5.41, 5.74) is 0.235. The second-order valence-corrected chi connectivity index (χ2v) is 6.41. The molecule has 0 atom stereocenters. The highest BCUT2D eigenvalue weighted by Crippen LogP contribution is 2.27. The number of Topliss-reactive ketones (excluding diaryl/α,β-unsaturated/α-hetero) is 1. The van der Waals surface area contributed by atoms with Gasteiger partial charge < -0.3 is 0 Å². The zero-order valence-corrected chi connectivity index (χ0v) is 12.6. The normalized spacial score (nSPS) is 18.4. The van der Waals surface area contributed by atoms with Crippen LogP contribution in [0.3, 0.4) is 0 Å². The van der Waals surface area contributed by atoms with Gasteiger partial charge in [-0.25, -0.2) is 0 Å². The monoisotopic (exact) mass is 329 g/mol. The van der Waals surface area contributed by atoms with Gasteiger partial charge in [-0.15, -0.1) is 0 Å². The molecule has 0 bridgehead atoms. The zero-order chi connectivity index (χ0) is 14.9. The van der Waals surface area contributed by atoms with Crippen molar-refractivity contribution in [3.05, 3.63) is 52.0 Å². The van der Waals surface area contributed by atoms with Gasteiger partial charge in [-0.3, -0.25) is 4.79 Å². The smallest absolute Gasteiger partial charge is 0.282 e. The van der Waals surface area contributed by atoms with Gasteiger partial charge in [0.15, 0.2) is 0 Å². The molecule has 0 radical (unpaired) electrons. The van der Waals surface area contributed by atoms with Crippen LogP contribution >= 0.6 is 23.2 Å². The summed E-state index contributed by atoms with van der Waals surface area (Å²) in [4.78, 5) is 11.6. The molecule has 0 heterocycles. The molecule has 1 aromatic carbocycles. The second kappa shape index (κ2) is 5.52. The molecule has 1 aliphatic carbocycles. The lowest BCUT2D eigenvalue weighted by atomic mass is 10.0. The van der Waals surface area contributed by atoms with Crippen molar-refractivity contribution in [2.45, 2.75) is 11.8 Å². The van der Waals surface area contributed by atoms with E-state index >= 15 is 0 Å². The lowest BCUT2D eigenvalue weighted by Gasteiger charge is -2.11. The quantitative estimate of drug-likeness (QED) is 0.783. The molecule has 4 nitrogen and oxygen atoms in total. The summed E-state index contributed by atoms with van der Waals surface area (Å²) in [6.45, 7) is 1.51. The standard InChI is InChI=1S/C13H9Cl2NO3S/c1-8-7-10(11(14)12(15)13(8)17)16-20(18,19)9-5-3-2-4-6-9/h2-7H,1H3. The van der Waals surface area contributed by atoms with Gasteiger partial charge >= 0.3 is 0 Å². The fourth-order valence-electron chi connectivity index (χ4n) is 1.56. The number of allylic oxidation sites excluding steroid dienone is 4. The van der Waals surface area contributed by atoms with Crippen molar-refractivity contribution in [2.75, 3.05) is 0 Å². The highest BCUT2D eigenvalue weighted by atomic mass is 35.5. The molecule has 0 unspecified atom stereocenters. The van der Waals surface area contributed by atoms with Crippen LogP contribution in [-0.4, -0.2) is 19.9 Å². The Morgan fingerprint density at radius 1 is 1.05 bits per heavy atom. The number of nitrogens with zero attached hydrogens (tertiary/aromatic N) is 1. The molecule has 0 aromatic heterocycles. The first-order valence-corrected chi connectivity index (χ1v) is 7.71. The number of rotatable bonds is 2. The number of hydrogen-bond donors (Lipinski definition) is 0. The van der Waals surface area contributed by atoms with E-state index in [-0.39, 0.29) is 26.2 Å². The molecule has 0 saturated carbocycles. The Hall–Kier alpha value is -1.43. The van der Waals surface area contributed by atoms with E-state index in [1.54, 1.807) is 18.2 Å². The van der Waals surface area contributed by atoms with Gasteiger partial charge in [0.05, 0.1) is 15.6 Å². The van der Waals surface area contributed by atoms with E-state index in [1.165, 1.54) is 25.1 Å². The van der Waals surface area contributed by atoms with Crippen LogP contribution in [0.5, 0.6) is 0 Å². The topological polar surface area (TPSA) is 63.6 Å². The predicted octanol–water partition coefficient (Wildman–Crippen LogP) is 3.03. The lowest BCUT2D eigenvalue weighted by Crippen LogP contribution is -2.14. The van der Waals surface area contributed by atoms with E-state index in [0.29, 0.717) is 0 Å². The summed E-state index contributed by atoms with van der Waals surface area (Å²) in [7, 11) is -3.90. The van der Waals surface area contributed by atoms with Crippen molar-refractivity contribution < 1.29 is 13.2 Å². The van der Waals surface area contributed by atoms with Crippen molar-refractivity contribution in [1.82, 2.24) is 0 Å². The van der Waals surface area contributed by atoms with Crippen LogP contribution in [0.1, 0.15) is 6.92 Å². The maximum Gasteiger partial charge on any atom is 0.282 e. The Kier molecular flexibility index (Phi) is 4.13. The van der Waals surface area contributed by atoms with Crippen molar-refractivity contribution in [3.63, 3.8) is 0 Å². The molecule has 0 fully saturated rings. The van der Waals surface area contributed by atoms with Gasteiger partial charge in [0, 0.05) is 5.57 Å². The number of ketones is 1. The summed E-state index contributed by atoms with van der Waals surface area (Å²) >= 11 is 11.6. The molecule has 20 heavy (non-hydrogen) atoms. The summed E-state index contributed by atoms with van der Waals surface area (Å²) in [5, 5.41) is -0.393. The number of carbonyl (C=O) groups excluding carboxylic acids is 1. The molecular formula is C13H9Cl2NO3S. The maximum atomic E-state index is 12.1. The molecule has 0 saturated heterocycles. The molecule has 104 valence electrons. The number of halogens is 2. The largest absolute Gasteiger partial charge is 0.288 e. The average molecular weight is 330 g/mol. The van der Waals surface area contributed by atoms with Crippen LogP contribution < -0.4 is 0 Å². The first-order chi connectivity index (χ1) is 9.33. The minimum absolute atomic E-state index is 0.0380. The van der Waals surface area contributed by atoms with Gasteiger partial charge in [0.25, 0.3) is 10.0 Å². The van der Waals surface area contributed by atoms with Crippen LogP contribution in [0.15, 0.2) is 61.3 Å². The average Bonchev–Trinajstić information content (AvgIpc) is 2.43. The number of hydrogen-bond acceptors (Lipinski definition) is 3. The van der Waals surface area contributed by atoms with Gasteiger partial charge in [0.1, 0.15) is 5.03 Å². The number of sulfonamides is 1. The van der Waals surface area contributed by atoms with Crippen LogP contribution in [0.2, 0.25) is 0 Å². The van der Waals surface area contributed by atoms with Crippen molar-refractivity contribution in [2.24, 2.45) is 4.40 Å². The van der Waals surface area contributed by atoms with E-state index in [9.17, 15) is 13.2 Å². The maximum absolute atomic E-state index is 12.1. The summed E-state index contributed by atoms with van der Waals surface area (Å²) < 4.78 is 27.9. The fourth-order valence-corrected chi connectivity index (χ4v) is 3.05. The molecule has 2 rings (SSSR count). The third-order valence-electron chi connectivity index (χ3n) is 2.59. The number of benzene rings is 1. The minimum atomic E-state index is -3.90. The molecule has 0 spiro atoms. The van der Waals surface area contributed by atoms with Gasteiger partial charge in [-0.05, 0) is 25.1 Å². The minimum Gasteiger partial charge on any atom is -0.288 e. The first-order valence-electron chi connectivity index (χ1n) is 5.51. The molecule has 0 aliphatic heterocycles.